The number of hydrogen-bond acceptors (Lipinski definition) is 3. The normalized spacial score (nSPS) is 22.5. The van der Waals surface area contributed by atoms with Crippen LogP contribution in [0.2, 0.25) is 5.02 Å². The van der Waals surface area contributed by atoms with E-state index in [4.69, 9.17) is 11.6 Å². The van der Waals surface area contributed by atoms with E-state index in [0.29, 0.717) is 10.9 Å². The second-order valence-electron chi connectivity index (χ2n) is 5.60. The molecule has 1 saturated carbocycles. The first kappa shape index (κ1) is 15.1. The molecule has 0 atom stereocenters. The molecular formula is C15H21ClN2O2. The van der Waals surface area contributed by atoms with E-state index in [2.05, 4.69) is 12.2 Å². The van der Waals surface area contributed by atoms with Crippen molar-refractivity contribution < 1.29 is 4.92 Å². The summed E-state index contributed by atoms with van der Waals surface area (Å²) in [5.74, 6) is 1.58. The molecule has 1 aromatic carbocycles. The third kappa shape index (κ3) is 3.85. The SMILES string of the molecule is CCC1CCC(CNc2ccc([N+](=O)[O-])cc2Cl)CC1. The second-order valence-corrected chi connectivity index (χ2v) is 6.00. The predicted octanol–water partition coefficient (Wildman–Crippen LogP) is 4.88. The van der Waals surface area contributed by atoms with E-state index >= 15 is 0 Å². The molecule has 0 saturated heterocycles. The minimum absolute atomic E-state index is 0.0315. The lowest BCUT2D eigenvalue weighted by molar-refractivity contribution is -0.384. The van der Waals surface area contributed by atoms with Crippen molar-refractivity contribution in [3.8, 4) is 0 Å². The van der Waals surface area contributed by atoms with Crippen LogP contribution in [-0.4, -0.2) is 11.5 Å². The Labute approximate surface area is 124 Å². The van der Waals surface area contributed by atoms with E-state index in [1.54, 1.807) is 6.07 Å². The topological polar surface area (TPSA) is 55.2 Å². The zero-order valence-electron chi connectivity index (χ0n) is 11.8. The van der Waals surface area contributed by atoms with Crippen LogP contribution in [0.3, 0.4) is 0 Å². The number of nitrogens with one attached hydrogen (secondary N) is 1. The number of non-ortho nitro benzene ring substituents is 1. The molecular weight excluding hydrogens is 276 g/mol. The number of nitro groups is 1. The highest BCUT2D eigenvalue weighted by Crippen LogP contribution is 2.32. The van der Waals surface area contributed by atoms with Crippen LogP contribution < -0.4 is 5.32 Å². The number of rotatable bonds is 5. The van der Waals surface area contributed by atoms with E-state index in [1.807, 2.05) is 0 Å². The van der Waals surface area contributed by atoms with Crippen LogP contribution >= 0.6 is 11.6 Å². The number of anilines is 1. The van der Waals surface area contributed by atoms with Crippen LogP contribution in [0.5, 0.6) is 0 Å². The molecule has 1 aliphatic carbocycles. The molecule has 2 rings (SSSR count). The van der Waals surface area contributed by atoms with Gasteiger partial charge in [0.15, 0.2) is 0 Å². The second kappa shape index (κ2) is 6.93. The van der Waals surface area contributed by atoms with Gasteiger partial charge in [0.05, 0.1) is 15.6 Å². The van der Waals surface area contributed by atoms with Gasteiger partial charge in [-0.15, -0.1) is 0 Å². The van der Waals surface area contributed by atoms with E-state index < -0.39 is 4.92 Å². The largest absolute Gasteiger partial charge is 0.384 e. The first-order valence-corrected chi connectivity index (χ1v) is 7.65. The molecule has 0 unspecified atom stereocenters. The van der Waals surface area contributed by atoms with Gasteiger partial charge in [0.1, 0.15) is 0 Å². The Kier molecular flexibility index (Phi) is 5.24. The summed E-state index contributed by atoms with van der Waals surface area (Å²) in [4.78, 5) is 10.2. The van der Waals surface area contributed by atoms with Gasteiger partial charge in [0.2, 0.25) is 0 Å². The van der Waals surface area contributed by atoms with Gasteiger partial charge < -0.3 is 5.32 Å². The molecule has 1 N–H and O–H groups in total. The number of halogens is 1. The first-order chi connectivity index (χ1) is 9.60. The van der Waals surface area contributed by atoms with Gasteiger partial charge in [-0.1, -0.05) is 37.8 Å². The monoisotopic (exact) mass is 296 g/mol. The van der Waals surface area contributed by atoms with Crippen LogP contribution in [0.4, 0.5) is 11.4 Å². The van der Waals surface area contributed by atoms with E-state index in [9.17, 15) is 10.1 Å². The molecule has 5 heteroatoms. The average molecular weight is 297 g/mol. The van der Waals surface area contributed by atoms with Gasteiger partial charge in [-0.25, -0.2) is 0 Å². The number of nitro benzene ring substituents is 1. The molecule has 0 radical (unpaired) electrons. The fraction of sp³-hybridized carbons (Fsp3) is 0.600. The first-order valence-electron chi connectivity index (χ1n) is 7.28. The minimum atomic E-state index is -0.429. The Hall–Kier alpha value is -1.29. The zero-order chi connectivity index (χ0) is 14.5. The van der Waals surface area contributed by atoms with Gasteiger partial charge in [0, 0.05) is 18.7 Å². The van der Waals surface area contributed by atoms with Crippen LogP contribution in [0.1, 0.15) is 39.0 Å². The molecule has 110 valence electrons. The zero-order valence-corrected chi connectivity index (χ0v) is 12.5. The maximum atomic E-state index is 10.7. The summed E-state index contributed by atoms with van der Waals surface area (Å²) < 4.78 is 0. The minimum Gasteiger partial charge on any atom is -0.384 e. The molecule has 0 spiro atoms. The molecule has 0 amide bonds. The van der Waals surface area contributed by atoms with E-state index in [0.717, 1.165) is 18.2 Å². The van der Waals surface area contributed by atoms with Crippen molar-refractivity contribution >= 4 is 23.0 Å². The van der Waals surface area contributed by atoms with Crippen LogP contribution in [0.25, 0.3) is 0 Å². The van der Waals surface area contributed by atoms with E-state index in [1.165, 1.54) is 44.2 Å². The van der Waals surface area contributed by atoms with Crippen molar-refractivity contribution in [1.29, 1.82) is 0 Å². The third-order valence-corrected chi connectivity index (χ3v) is 4.60. The lowest BCUT2D eigenvalue weighted by Gasteiger charge is -2.28. The van der Waals surface area contributed by atoms with Gasteiger partial charge in [-0.3, -0.25) is 10.1 Å². The van der Waals surface area contributed by atoms with Crippen molar-refractivity contribution in [3.63, 3.8) is 0 Å². The Morgan fingerprint density at radius 2 is 1.95 bits per heavy atom. The maximum absolute atomic E-state index is 10.7. The Morgan fingerprint density at radius 3 is 2.50 bits per heavy atom. The summed E-state index contributed by atoms with van der Waals surface area (Å²) >= 11 is 6.07. The fourth-order valence-electron chi connectivity index (χ4n) is 2.86. The van der Waals surface area contributed by atoms with Crippen LogP contribution in [-0.2, 0) is 0 Å². The summed E-state index contributed by atoms with van der Waals surface area (Å²) in [5, 5.41) is 14.4. The molecule has 1 aliphatic rings. The summed E-state index contributed by atoms with van der Waals surface area (Å²) in [7, 11) is 0. The van der Waals surface area contributed by atoms with Gasteiger partial charge in [-0.2, -0.15) is 0 Å². The third-order valence-electron chi connectivity index (χ3n) is 4.29. The summed E-state index contributed by atoms with van der Waals surface area (Å²) in [6.07, 6.45) is 6.44. The number of nitrogens with zero attached hydrogens (tertiary/aromatic N) is 1. The lowest BCUT2D eigenvalue weighted by Crippen LogP contribution is -2.21. The summed E-state index contributed by atoms with van der Waals surface area (Å²) in [6.45, 7) is 3.16. The predicted molar refractivity (Wildman–Crippen MR) is 82.3 cm³/mol. The highest BCUT2D eigenvalue weighted by Gasteiger charge is 2.20. The number of hydrogen-bond donors (Lipinski definition) is 1. The average Bonchev–Trinajstić information content (AvgIpc) is 2.46. The van der Waals surface area contributed by atoms with E-state index in [-0.39, 0.29) is 5.69 Å². The van der Waals surface area contributed by atoms with Crippen LogP contribution in [0, 0.1) is 22.0 Å². The quantitative estimate of drug-likeness (QED) is 0.622. The van der Waals surface area contributed by atoms with Crippen molar-refractivity contribution in [3.05, 3.63) is 33.3 Å². The van der Waals surface area contributed by atoms with Gasteiger partial charge in [-0.05, 0) is 30.7 Å². The molecule has 4 nitrogen and oxygen atoms in total. The molecule has 20 heavy (non-hydrogen) atoms. The fourth-order valence-corrected chi connectivity index (χ4v) is 3.10. The molecule has 1 fully saturated rings. The van der Waals surface area contributed by atoms with Crippen molar-refractivity contribution in [2.24, 2.45) is 11.8 Å². The summed E-state index contributed by atoms with van der Waals surface area (Å²) in [6, 6.07) is 4.58. The smallest absolute Gasteiger partial charge is 0.271 e. The van der Waals surface area contributed by atoms with Crippen LogP contribution in [0.15, 0.2) is 18.2 Å². The molecule has 0 bridgehead atoms. The van der Waals surface area contributed by atoms with Gasteiger partial charge in [0.25, 0.3) is 5.69 Å². The maximum Gasteiger partial charge on any atom is 0.271 e. The molecule has 0 aromatic heterocycles. The standard InChI is InChI=1S/C15H21ClN2O2/c1-2-11-3-5-12(6-4-11)10-17-15-8-7-13(18(19)20)9-14(15)16/h7-9,11-12,17H,2-6,10H2,1H3. The van der Waals surface area contributed by atoms with Gasteiger partial charge >= 0.3 is 0 Å². The Bertz CT molecular complexity index is 471. The number of benzene rings is 1. The Morgan fingerprint density at radius 1 is 1.30 bits per heavy atom. The van der Waals surface area contributed by atoms with Crippen molar-refractivity contribution in [1.82, 2.24) is 0 Å². The molecule has 0 aliphatic heterocycles. The highest BCUT2D eigenvalue weighted by molar-refractivity contribution is 6.33. The molecule has 0 heterocycles. The van der Waals surface area contributed by atoms with Crippen molar-refractivity contribution in [2.75, 3.05) is 11.9 Å². The van der Waals surface area contributed by atoms with Crippen molar-refractivity contribution in [2.45, 2.75) is 39.0 Å². The highest BCUT2D eigenvalue weighted by atomic mass is 35.5. The molecule has 1 aromatic rings. The summed E-state index contributed by atoms with van der Waals surface area (Å²) in [5.41, 5.74) is 0.818. The Balaban J connectivity index is 1.87. The lowest BCUT2D eigenvalue weighted by atomic mass is 9.81.